The molecular weight excluding hydrogens is 386 g/mol. The van der Waals surface area contributed by atoms with Crippen molar-refractivity contribution in [1.29, 1.82) is 0 Å². The normalized spacial score (nSPS) is 11.3. The standard InChI is InChI=1S/C21H21N5O2S/c1-14-18(23-21(27-14)16-4-6-17(29-3)7-5-16)12-26(2)13-19-24-20(25-28-19)15-8-10-22-11-9-15/h4-11H,12-13H2,1-3H3. The molecule has 0 radical (unpaired) electrons. The zero-order valence-electron chi connectivity index (χ0n) is 16.5. The smallest absolute Gasteiger partial charge is 0.241 e. The van der Waals surface area contributed by atoms with Gasteiger partial charge in [-0.25, -0.2) is 4.98 Å². The SMILES string of the molecule is CSc1ccc(-c2nc(CN(C)Cc3nc(-c4ccncc4)no3)c(C)o2)cc1. The first-order valence-corrected chi connectivity index (χ1v) is 10.4. The van der Waals surface area contributed by atoms with E-state index in [0.717, 1.165) is 22.6 Å². The minimum atomic E-state index is 0.516. The predicted octanol–water partition coefficient (Wildman–Crippen LogP) is 4.45. The summed E-state index contributed by atoms with van der Waals surface area (Å²) in [5.74, 6) is 2.55. The second-order valence-corrected chi connectivity index (χ2v) is 7.55. The second-order valence-electron chi connectivity index (χ2n) is 6.67. The van der Waals surface area contributed by atoms with Gasteiger partial charge in [0.25, 0.3) is 0 Å². The summed E-state index contributed by atoms with van der Waals surface area (Å²) in [4.78, 5) is 16.4. The van der Waals surface area contributed by atoms with E-state index >= 15 is 0 Å². The third-order valence-electron chi connectivity index (χ3n) is 4.46. The van der Waals surface area contributed by atoms with Crippen LogP contribution in [0.1, 0.15) is 17.3 Å². The molecule has 0 aliphatic rings. The molecule has 0 bridgehead atoms. The number of hydrogen-bond donors (Lipinski definition) is 0. The van der Waals surface area contributed by atoms with Crippen LogP contribution >= 0.6 is 11.8 Å². The molecule has 3 heterocycles. The molecule has 148 valence electrons. The average Bonchev–Trinajstić information content (AvgIpc) is 3.35. The quantitative estimate of drug-likeness (QED) is 0.416. The molecule has 0 aliphatic heterocycles. The van der Waals surface area contributed by atoms with Crippen LogP contribution in [0.25, 0.3) is 22.8 Å². The maximum Gasteiger partial charge on any atom is 0.241 e. The summed E-state index contributed by atoms with van der Waals surface area (Å²) >= 11 is 1.71. The van der Waals surface area contributed by atoms with Gasteiger partial charge in [0, 0.05) is 35.0 Å². The summed E-state index contributed by atoms with van der Waals surface area (Å²) in [6.45, 7) is 3.07. The first-order chi connectivity index (χ1) is 14.1. The minimum absolute atomic E-state index is 0.516. The molecular formula is C21H21N5O2S. The molecule has 29 heavy (non-hydrogen) atoms. The Morgan fingerprint density at radius 3 is 2.45 bits per heavy atom. The lowest BCUT2D eigenvalue weighted by molar-refractivity contribution is 0.258. The number of thioether (sulfide) groups is 1. The van der Waals surface area contributed by atoms with Crippen molar-refractivity contribution in [1.82, 2.24) is 25.0 Å². The zero-order chi connectivity index (χ0) is 20.2. The van der Waals surface area contributed by atoms with Crippen LogP contribution in [0.2, 0.25) is 0 Å². The van der Waals surface area contributed by atoms with E-state index in [1.54, 1.807) is 24.2 Å². The van der Waals surface area contributed by atoms with Crippen molar-refractivity contribution in [3.8, 4) is 22.8 Å². The van der Waals surface area contributed by atoms with E-state index in [1.165, 1.54) is 4.90 Å². The molecule has 0 aliphatic carbocycles. The Morgan fingerprint density at radius 1 is 0.966 bits per heavy atom. The number of rotatable bonds is 7. The van der Waals surface area contributed by atoms with Gasteiger partial charge in [-0.2, -0.15) is 4.98 Å². The van der Waals surface area contributed by atoms with Crippen LogP contribution in [-0.2, 0) is 13.1 Å². The summed E-state index contributed by atoms with van der Waals surface area (Å²) in [5, 5.41) is 4.05. The van der Waals surface area contributed by atoms with E-state index in [-0.39, 0.29) is 0 Å². The van der Waals surface area contributed by atoms with Crippen LogP contribution < -0.4 is 0 Å². The number of oxazole rings is 1. The number of pyridine rings is 1. The molecule has 0 amide bonds. The molecule has 0 spiro atoms. The first-order valence-electron chi connectivity index (χ1n) is 9.14. The lowest BCUT2D eigenvalue weighted by Gasteiger charge is -2.12. The Morgan fingerprint density at radius 2 is 1.72 bits per heavy atom. The van der Waals surface area contributed by atoms with Crippen molar-refractivity contribution in [2.75, 3.05) is 13.3 Å². The number of aryl methyl sites for hydroxylation is 1. The number of hydrogen-bond acceptors (Lipinski definition) is 8. The average molecular weight is 407 g/mol. The summed E-state index contributed by atoms with van der Waals surface area (Å²) in [6.07, 6.45) is 5.47. The molecule has 0 unspecified atom stereocenters. The van der Waals surface area contributed by atoms with Crippen LogP contribution in [0.4, 0.5) is 0 Å². The van der Waals surface area contributed by atoms with Gasteiger partial charge in [0.15, 0.2) is 0 Å². The largest absolute Gasteiger partial charge is 0.441 e. The van der Waals surface area contributed by atoms with Crippen molar-refractivity contribution in [2.45, 2.75) is 24.9 Å². The number of aromatic nitrogens is 4. The van der Waals surface area contributed by atoms with Gasteiger partial charge in [-0.3, -0.25) is 9.88 Å². The Bertz CT molecular complexity index is 1080. The molecule has 0 N–H and O–H groups in total. The Labute approximate surface area is 173 Å². The lowest BCUT2D eigenvalue weighted by Crippen LogP contribution is -2.18. The maximum absolute atomic E-state index is 5.89. The van der Waals surface area contributed by atoms with Crippen molar-refractivity contribution < 1.29 is 8.94 Å². The van der Waals surface area contributed by atoms with Gasteiger partial charge in [-0.15, -0.1) is 11.8 Å². The van der Waals surface area contributed by atoms with Crippen molar-refractivity contribution in [3.63, 3.8) is 0 Å². The van der Waals surface area contributed by atoms with E-state index in [0.29, 0.717) is 30.7 Å². The van der Waals surface area contributed by atoms with E-state index in [9.17, 15) is 0 Å². The summed E-state index contributed by atoms with van der Waals surface area (Å²) < 4.78 is 11.3. The van der Waals surface area contributed by atoms with Gasteiger partial charge in [-0.05, 0) is 56.6 Å². The molecule has 4 rings (SSSR count). The fourth-order valence-corrected chi connectivity index (χ4v) is 3.32. The molecule has 7 nitrogen and oxygen atoms in total. The van der Waals surface area contributed by atoms with Crippen molar-refractivity contribution in [2.24, 2.45) is 0 Å². The van der Waals surface area contributed by atoms with E-state index in [4.69, 9.17) is 8.94 Å². The van der Waals surface area contributed by atoms with Crippen LogP contribution in [0.15, 0.2) is 62.6 Å². The Hall–Kier alpha value is -2.97. The number of benzene rings is 1. The highest BCUT2D eigenvalue weighted by Gasteiger charge is 2.16. The minimum Gasteiger partial charge on any atom is -0.441 e. The van der Waals surface area contributed by atoms with E-state index < -0.39 is 0 Å². The summed E-state index contributed by atoms with van der Waals surface area (Å²) in [7, 11) is 1.98. The van der Waals surface area contributed by atoms with E-state index in [1.807, 2.05) is 38.2 Å². The zero-order valence-corrected chi connectivity index (χ0v) is 17.3. The van der Waals surface area contributed by atoms with Gasteiger partial charge in [0.1, 0.15) is 5.76 Å². The fraction of sp³-hybridized carbons (Fsp3) is 0.238. The van der Waals surface area contributed by atoms with E-state index in [2.05, 4.69) is 43.4 Å². The molecule has 0 atom stereocenters. The van der Waals surface area contributed by atoms with Crippen molar-refractivity contribution >= 4 is 11.8 Å². The predicted molar refractivity (Wildman–Crippen MR) is 111 cm³/mol. The Balaban J connectivity index is 1.43. The third-order valence-corrected chi connectivity index (χ3v) is 5.20. The highest BCUT2D eigenvalue weighted by atomic mass is 32.2. The van der Waals surface area contributed by atoms with Gasteiger partial charge in [0.05, 0.1) is 12.2 Å². The molecule has 0 fully saturated rings. The van der Waals surface area contributed by atoms with Gasteiger partial charge in [-0.1, -0.05) is 5.16 Å². The molecule has 3 aromatic heterocycles. The van der Waals surface area contributed by atoms with Crippen LogP contribution in [0.3, 0.4) is 0 Å². The van der Waals surface area contributed by atoms with Crippen LogP contribution in [0.5, 0.6) is 0 Å². The summed E-state index contributed by atoms with van der Waals surface area (Å²) in [5.41, 5.74) is 2.74. The van der Waals surface area contributed by atoms with Gasteiger partial charge < -0.3 is 8.94 Å². The second kappa shape index (κ2) is 8.59. The van der Waals surface area contributed by atoms with Gasteiger partial charge in [0.2, 0.25) is 17.6 Å². The van der Waals surface area contributed by atoms with Gasteiger partial charge >= 0.3 is 0 Å². The Kier molecular flexibility index (Phi) is 5.73. The lowest BCUT2D eigenvalue weighted by atomic mass is 10.2. The monoisotopic (exact) mass is 407 g/mol. The third kappa shape index (κ3) is 4.55. The highest BCUT2D eigenvalue weighted by molar-refractivity contribution is 7.98. The summed E-state index contributed by atoms with van der Waals surface area (Å²) in [6, 6.07) is 11.9. The highest BCUT2D eigenvalue weighted by Crippen LogP contribution is 2.25. The van der Waals surface area contributed by atoms with Crippen molar-refractivity contribution in [3.05, 3.63) is 66.1 Å². The van der Waals surface area contributed by atoms with Crippen LogP contribution in [-0.4, -0.2) is 38.3 Å². The maximum atomic E-state index is 5.89. The van der Waals surface area contributed by atoms with Crippen LogP contribution in [0, 0.1) is 6.92 Å². The topological polar surface area (TPSA) is 81.1 Å². The molecule has 0 saturated heterocycles. The number of nitrogens with zero attached hydrogens (tertiary/aromatic N) is 5. The first kappa shape index (κ1) is 19.4. The molecule has 0 saturated carbocycles. The molecule has 1 aromatic carbocycles. The molecule has 4 aromatic rings. The fourth-order valence-electron chi connectivity index (χ4n) is 2.91. The molecule has 8 heteroatoms.